The van der Waals surface area contributed by atoms with Crippen LogP contribution in [0.5, 0.6) is 0 Å². The van der Waals surface area contributed by atoms with Crippen LogP contribution in [0, 0.1) is 0 Å². The second-order valence-electron chi connectivity index (χ2n) is 4.83. The molecule has 0 spiro atoms. The summed E-state index contributed by atoms with van der Waals surface area (Å²) in [5, 5.41) is 0. The van der Waals surface area contributed by atoms with Crippen LogP contribution < -0.4 is 0 Å². The van der Waals surface area contributed by atoms with Crippen molar-refractivity contribution in [3.8, 4) is 0 Å². The van der Waals surface area contributed by atoms with E-state index in [0.29, 0.717) is 0 Å². The molecule has 100 valence electrons. The zero-order valence-corrected chi connectivity index (χ0v) is 12.5. The molecule has 0 saturated carbocycles. The zero-order valence-electron chi connectivity index (χ0n) is 11.6. The van der Waals surface area contributed by atoms with Crippen molar-refractivity contribution in [3.63, 3.8) is 0 Å². The van der Waals surface area contributed by atoms with Crippen molar-refractivity contribution in [2.45, 2.75) is 39.5 Å². The SMILES string of the molecule is CCCCP(=O)(/C=C/c1ccccc1)CCCC. The van der Waals surface area contributed by atoms with Gasteiger partial charge in [0.1, 0.15) is 7.14 Å². The highest BCUT2D eigenvalue weighted by Crippen LogP contribution is 2.49. The van der Waals surface area contributed by atoms with E-state index in [9.17, 15) is 4.57 Å². The van der Waals surface area contributed by atoms with Crippen molar-refractivity contribution in [1.82, 2.24) is 0 Å². The first-order chi connectivity index (χ1) is 8.70. The molecule has 1 nitrogen and oxygen atoms in total. The minimum atomic E-state index is -2.10. The standard InChI is InChI=1S/C16H25OP/c1-3-5-13-18(17,14-6-4-2)15-12-16-10-8-7-9-11-16/h7-12,15H,3-6,13-14H2,1-2H3/b15-12+. The van der Waals surface area contributed by atoms with Gasteiger partial charge in [0.05, 0.1) is 0 Å². The third-order valence-corrected chi connectivity index (χ3v) is 5.96. The predicted octanol–water partition coefficient (Wildman–Crippen LogP) is 5.62. The van der Waals surface area contributed by atoms with Gasteiger partial charge in [0, 0.05) is 12.3 Å². The molecule has 0 aromatic heterocycles. The molecular formula is C16H25OP. The second-order valence-corrected chi connectivity index (χ2v) is 7.93. The highest BCUT2D eigenvalue weighted by Gasteiger charge is 2.16. The van der Waals surface area contributed by atoms with E-state index < -0.39 is 7.14 Å². The van der Waals surface area contributed by atoms with Gasteiger partial charge in [-0.1, -0.05) is 63.1 Å². The van der Waals surface area contributed by atoms with Crippen LogP contribution in [-0.2, 0) is 4.57 Å². The number of rotatable bonds is 8. The monoisotopic (exact) mass is 264 g/mol. The Labute approximate surface area is 112 Å². The third kappa shape index (κ3) is 5.69. The van der Waals surface area contributed by atoms with E-state index in [-0.39, 0.29) is 0 Å². The summed E-state index contributed by atoms with van der Waals surface area (Å²) in [5.74, 6) is 1.99. The van der Waals surface area contributed by atoms with Crippen LogP contribution in [0.1, 0.15) is 45.1 Å². The smallest absolute Gasteiger partial charge is 0.108 e. The number of hydrogen-bond acceptors (Lipinski definition) is 1. The molecule has 0 aliphatic heterocycles. The summed E-state index contributed by atoms with van der Waals surface area (Å²) in [6.45, 7) is 4.32. The molecular weight excluding hydrogens is 239 g/mol. The normalized spacial score (nSPS) is 12.1. The molecule has 0 unspecified atom stereocenters. The lowest BCUT2D eigenvalue weighted by molar-refractivity contribution is 0.576. The lowest BCUT2D eigenvalue weighted by atomic mass is 10.2. The third-order valence-electron chi connectivity index (χ3n) is 3.12. The van der Waals surface area contributed by atoms with Crippen LogP contribution >= 0.6 is 7.14 Å². The highest BCUT2D eigenvalue weighted by atomic mass is 31.2. The van der Waals surface area contributed by atoms with Gasteiger partial charge in [-0.05, 0) is 24.2 Å². The molecule has 0 aliphatic rings. The first kappa shape index (κ1) is 15.2. The second kappa shape index (κ2) is 8.32. The van der Waals surface area contributed by atoms with Crippen molar-refractivity contribution in [1.29, 1.82) is 0 Å². The summed E-state index contributed by atoms with van der Waals surface area (Å²) in [6, 6.07) is 10.2. The van der Waals surface area contributed by atoms with Gasteiger partial charge < -0.3 is 4.57 Å². The van der Waals surface area contributed by atoms with E-state index in [0.717, 1.165) is 43.6 Å². The zero-order chi connectivity index (χ0) is 13.3. The van der Waals surface area contributed by atoms with E-state index in [2.05, 4.69) is 26.0 Å². The molecule has 18 heavy (non-hydrogen) atoms. The largest absolute Gasteiger partial charge is 0.319 e. The molecule has 1 aromatic carbocycles. The molecule has 0 radical (unpaired) electrons. The van der Waals surface area contributed by atoms with Crippen LogP contribution in [0.4, 0.5) is 0 Å². The first-order valence-corrected chi connectivity index (χ1v) is 9.17. The van der Waals surface area contributed by atoms with Gasteiger partial charge >= 0.3 is 0 Å². The van der Waals surface area contributed by atoms with Crippen LogP contribution in [0.25, 0.3) is 6.08 Å². The quantitative estimate of drug-likeness (QED) is 0.557. The van der Waals surface area contributed by atoms with Gasteiger partial charge in [0.15, 0.2) is 0 Å². The Morgan fingerprint density at radius 2 is 1.56 bits per heavy atom. The molecule has 1 rings (SSSR count). The van der Waals surface area contributed by atoms with Crippen molar-refractivity contribution in [3.05, 3.63) is 41.7 Å². The fraction of sp³-hybridized carbons (Fsp3) is 0.500. The molecule has 0 saturated heterocycles. The highest BCUT2D eigenvalue weighted by molar-refractivity contribution is 7.67. The Hall–Kier alpha value is -0.810. The Morgan fingerprint density at radius 1 is 1.00 bits per heavy atom. The van der Waals surface area contributed by atoms with E-state index in [4.69, 9.17) is 0 Å². The molecule has 2 heteroatoms. The molecule has 0 N–H and O–H groups in total. The average Bonchev–Trinajstić information content (AvgIpc) is 2.42. The molecule has 0 bridgehead atoms. The van der Waals surface area contributed by atoms with Crippen molar-refractivity contribution < 1.29 is 4.57 Å². The molecule has 1 aromatic rings. The maximum absolute atomic E-state index is 12.8. The lowest BCUT2D eigenvalue weighted by Crippen LogP contribution is -1.93. The minimum absolute atomic E-state index is 0.868. The summed E-state index contributed by atoms with van der Waals surface area (Å²) in [4.78, 5) is 0. The number of unbranched alkanes of at least 4 members (excludes halogenated alkanes) is 2. The summed E-state index contributed by atoms with van der Waals surface area (Å²) in [5.41, 5.74) is 1.14. The molecule has 0 fully saturated rings. The van der Waals surface area contributed by atoms with Crippen molar-refractivity contribution in [2.24, 2.45) is 0 Å². The van der Waals surface area contributed by atoms with Gasteiger partial charge in [-0.25, -0.2) is 0 Å². The van der Waals surface area contributed by atoms with Crippen LogP contribution in [0.15, 0.2) is 36.1 Å². The Balaban J connectivity index is 2.71. The first-order valence-electron chi connectivity index (χ1n) is 7.02. The molecule has 0 aliphatic carbocycles. The fourth-order valence-corrected chi connectivity index (χ4v) is 4.57. The Kier molecular flexibility index (Phi) is 7.05. The average molecular weight is 264 g/mol. The van der Waals surface area contributed by atoms with Crippen LogP contribution in [0.2, 0.25) is 0 Å². The van der Waals surface area contributed by atoms with Gasteiger partial charge in [-0.2, -0.15) is 0 Å². The number of hydrogen-bond donors (Lipinski definition) is 0. The summed E-state index contributed by atoms with van der Waals surface area (Å²) in [6.07, 6.45) is 8.15. The summed E-state index contributed by atoms with van der Waals surface area (Å²) >= 11 is 0. The van der Waals surface area contributed by atoms with Crippen molar-refractivity contribution in [2.75, 3.05) is 12.3 Å². The minimum Gasteiger partial charge on any atom is -0.319 e. The summed E-state index contributed by atoms with van der Waals surface area (Å²) in [7, 11) is -2.10. The van der Waals surface area contributed by atoms with E-state index in [1.165, 1.54) is 0 Å². The van der Waals surface area contributed by atoms with E-state index >= 15 is 0 Å². The van der Waals surface area contributed by atoms with Crippen LogP contribution in [0.3, 0.4) is 0 Å². The Bertz CT molecular complexity index is 383. The van der Waals surface area contributed by atoms with Crippen LogP contribution in [-0.4, -0.2) is 12.3 Å². The van der Waals surface area contributed by atoms with E-state index in [1.54, 1.807) is 0 Å². The fourth-order valence-electron chi connectivity index (χ4n) is 1.90. The molecule has 0 atom stereocenters. The Morgan fingerprint density at radius 3 is 2.06 bits per heavy atom. The molecule has 0 heterocycles. The summed E-state index contributed by atoms with van der Waals surface area (Å²) < 4.78 is 12.8. The lowest BCUT2D eigenvalue weighted by Gasteiger charge is -2.13. The van der Waals surface area contributed by atoms with Gasteiger partial charge in [-0.15, -0.1) is 0 Å². The molecule has 0 amide bonds. The maximum atomic E-state index is 12.8. The predicted molar refractivity (Wildman–Crippen MR) is 82.6 cm³/mol. The van der Waals surface area contributed by atoms with Gasteiger partial charge in [0.25, 0.3) is 0 Å². The van der Waals surface area contributed by atoms with Crippen molar-refractivity contribution >= 4 is 13.2 Å². The van der Waals surface area contributed by atoms with Gasteiger partial charge in [0.2, 0.25) is 0 Å². The maximum Gasteiger partial charge on any atom is 0.108 e. The van der Waals surface area contributed by atoms with Gasteiger partial charge in [-0.3, -0.25) is 0 Å². The van der Waals surface area contributed by atoms with E-state index in [1.807, 2.05) is 30.1 Å². The topological polar surface area (TPSA) is 17.1 Å². The number of benzene rings is 1.